The number of hydrogen-bond donors (Lipinski definition) is 8. The van der Waals surface area contributed by atoms with Gasteiger partial charge in [-0.15, -0.1) is 0 Å². The summed E-state index contributed by atoms with van der Waals surface area (Å²) >= 11 is 0. The van der Waals surface area contributed by atoms with E-state index in [4.69, 9.17) is 29.0 Å². The molecular weight excluding hydrogens is 968 g/mol. The lowest BCUT2D eigenvalue weighted by Crippen LogP contribution is -2.52. The fourth-order valence-corrected chi connectivity index (χ4v) is 10.3. The predicted octanol–water partition coefficient (Wildman–Crippen LogP) is 6.38. The fourth-order valence-electron chi connectivity index (χ4n) is 8.21. The first-order valence-corrected chi connectivity index (χ1v) is 28.2. The third-order valence-electron chi connectivity index (χ3n) is 12.3. The van der Waals surface area contributed by atoms with E-state index in [0.29, 0.717) is 19.3 Å². The van der Waals surface area contributed by atoms with Gasteiger partial charge in [0.15, 0.2) is 6.10 Å². The highest BCUT2D eigenvalue weighted by atomic mass is 31.3. The molecule has 1 aromatic rings. The minimum atomic E-state index is -5.70. The molecule has 3 heterocycles. The highest BCUT2D eigenvalue weighted by molar-refractivity contribution is 7.61. The minimum Gasteiger partial charge on any atom is -0.461 e. The zero-order valence-corrected chi connectivity index (χ0v) is 43.1. The Morgan fingerprint density at radius 3 is 2.13 bits per heavy atom. The lowest BCUT2D eigenvalue weighted by molar-refractivity contribution is -0.194. The first kappa shape index (κ1) is 62.2. The van der Waals surface area contributed by atoms with E-state index in [1.807, 2.05) is 6.92 Å². The number of carbonyl (C=O) groups excluding carboxylic acids is 2. The summed E-state index contributed by atoms with van der Waals surface area (Å²) in [5, 5.41) is 57.3. The van der Waals surface area contributed by atoms with Crippen LogP contribution in [0, 0.1) is 11.8 Å². The van der Waals surface area contributed by atoms with Crippen molar-refractivity contribution in [3.63, 3.8) is 0 Å². The Morgan fingerprint density at radius 2 is 1.46 bits per heavy atom. The van der Waals surface area contributed by atoms with Crippen molar-refractivity contribution in [3.8, 4) is 0 Å². The number of phosphoric ester groups is 2. The SMILES string of the molecule is CCCCCC/C=C\CCCCCCCCCC(=O)O[C@@H]1COC(=O)C/C=C\C[C@H]2[C@H](n3ccc(N)nc3=O)O[C@H](COP(=O)(O)OP(=O)(O)OC1)[C@@H](O)[C@@H](O)[C@@H](C=C[C@H](O)CCCCC)[C@H](O)C[C@@H]2O. The number of ether oxygens (including phenoxy) is 3. The number of rotatable bonds is 23. The summed E-state index contributed by atoms with van der Waals surface area (Å²) in [6.45, 7) is 1.38. The van der Waals surface area contributed by atoms with E-state index >= 15 is 0 Å². The molecule has 0 radical (unpaired) electrons. The number of fused-ring (bicyclic) bond motifs is 3. The Morgan fingerprint density at radius 1 is 0.845 bits per heavy atom. The fraction of sp³-hybridized carbons (Fsp3) is 0.750. The zero-order valence-electron chi connectivity index (χ0n) is 41.4. The number of hydrogen-bond acceptors (Lipinski definition) is 18. The van der Waals surface area contributed by atoms with Crippen molar-refractivity contribution >= 4 is 33.4 Å². The van der Waals surface area contributed by atoms with Crippen molar-refractivity contribution in [2.75, 3.05) is 25.6 Å². The Hall–Kier alpha value is -3.14. The number of nitrogen functional groups attached to an aromatic ring is 1. The summed E-state index contributed by atoms with van der Waals surface area (Å²) in [4.78, 5) is 64.2. The Balaban J connectivity index is 1.81. The van der Waals surface area contributed by atoms with E-state index in [0.717, 1.165) is 75.0 Å². The summed E-state index contributed by atoms with van der Waals surface area (Å²) in [7, 11) is -11.3. The van der Waals surface area contributed by atoms with Crippen LogP contribution in [0.4, 0.5) is 5.82 Å². The molecule has 2 unspecified atom stereocenters. The quantitative estimate of drug-likeness (QED) is 0.0255. The number of unbranched alkanes of at least 4 members (excludes halogenated alkanes) is 13. The molecule has 2 aliphatic heterocycles. The number of aliphatic hydroxyl groups is 5. The molecule has 0 amide bonds. The molecule has 2 aliphatic rings. The van der Waals surface area contributed by atoms with Crippen molar-refractivity contribution in [2.45, 2.75) is 198 Å². The molecule has 1 saturated heterocycles. The Kier molecular flexibility index (Phi) is 29.4. The third kappa shape index (κ3) is 24.6. The summed E-state index contributed by atoms with van der Waals surface area (Å²) in [6, 6.07) is 1.22. The smallest absolute Gasteiger partial charge is 0.461 e. The van der Waals surface area contributed by atoms with Crippen LogP contribution in [0.3, 0.4) is 0 Å². The molecule has 23 heteroatoms. The van der Waals surface area contributed by atoms with Gasteiger partial charge in [-0.2, -0.15) is 9.29 Å². The second-order valence-corrected chi connectivity index (χ2v) is 21.3. The van der Waals surface area contributed by atoms with Crippen molar-refractivity contribution in [3.05, 3.63) is 59.2 Å². The molecule has 9 N–H and O–H groups in total. The van der Waals surface area contributed by atoms with Gasteiger partial charge >= 0.3 is 33.3 Å². The van der Waals surface area contributed by atoms with Gasteiger partial charge in [0.05, 0.1) is 44.1 Å². The van der Waals surface area contributed by atoms with Gasteiger partial charge in [-0.1, -0.05) is 121 Å². The van der Waals surface area contributed by atoms with Gasteiger partial charge in [0.2, 0.25) is 0 Å². The second-order valence-electron chi connectivity index (χ2n) is 18.3. The van der Waals surface area contributed by atoms with Crippen LogP contribution in [-0.4, -0.2) is 119 Å². The van der Waals surface area contributed by atoms with Gasteiger partial charge < -0.3 is 55.3 Å². The first-order chi connectivity index (χ1) is 33.9. The first-order valence-electron chi connectivity index (χ1n) is 25.3. The van der Waals surface area contributed by atoms with Crippen molar-refractivity contribution in [1.82, 2.24) is 9.55 Å². The lowest BCUT2D eigenvalue weighted by Gasteiger charge is -2.40. The largest absolute Gasteiger partial charge is 0.481 e. The number of phosphoric acid groups is 2. The molecular formula is C48H81N3O18P2. The molecule has 1 fully saturated rings. The number of nitrogens with two attached hydrogens (primary N) is 1. The standard InChI is InChI=1S/C48H81N3O18P2/c1-3-5-7-8-9-10-11-12-13-14-15-16-17-18-20-26-44(56)67-36-32-64-43(55)25-22-21-24-38-40(54)31-39(53)37(28-27-35(52)23-19-6-4-2)45(57)46(58)41(34-66-71(62,63)69-70(60,61)65-33-36)68-47(38)51-30-29-42(49)50-48(51)59/h10-11,21-22,27-30,35-41,45-47,52-54,57-58H,3-9,12-20,23-26,31-34H2,1-2H3,(H,60,61)(H,62,63)(H2,49,50,59)/b11-10-,22-21-,28-27?/t35-,36-,37+,38-,39-,40+,41-,45+,46-,47-/m1/s1. The molecule has 71 heavy (non-hydrogen) atoms. The molecule has 0 aliphatic carbocycles. The molecule has 406 valence electrons. The van der Waals surface area contributed by atoms with Crippen LogP contribution < -0.4 is 11.4 Å². The van der Waals surface area contributed by atoms with Gasteiger partial charge in [0.25, 0.3) is 0 Å². The van der Waals surface area contributed by atoms with Crippen molar-refractivity contribution in [2.24, 2.45) is 11.8 Å². The Bertz CT molecular complexity index is 1950. The average molecular weight is 1050 g/mol. The van der Waals surface area contributed by atoms with Crippen LogP contribution in [0.25, 0.3) is 0 Å². The molecule has 2 bridgehead atoms. The number of aliphatic hydroxyl groups excluding tert-OH is 5. The molecule has 1 aromatic heterocycles. The van der Waals surface area contributed by atoms with Gasteiger partial charge in [-0.25, -0.2) is 13.9 Å². The van der Waals surface area contributed by atoms with Gasteiger partial charge in [-0.3, -0.25) is 23.2 Å². The number of aromatic nitrogens is 2. The normalized spacial score (nSPS) is 30.8. The number of cyclic esters (lactones) is 1. The van der Waals surface area contributed by atoms with E-state index in [-0.39, 0.29) is 25.1 Å². The van der Waals surface area contributed by atoms with E-state index in [1.54, 1.807) is 0 Å². The third-order valence-corrected chi connectivity index (χ3v) is 14.9. The summed E-state index contributed by atoms with van der Waals surface area (Å²) in [5.41, 5.74) is 4.73. The summed E-state index contributed by atoms with van der Waals surface area (Å²) in [5.74, 6) is -4.44. The number of esters is 2. The van der Waals surface area contributed by atoms with Crippen LogP contribution in [-0.2, 0) is 46.3 Å². The number of carbonyl (C=O) groups is 2. The Labute approximate surface area is 417 Å². The van der Waals surface area contributed by atoms with Crippen molar-refractivity contribution < 1.29 is 81.6 Å². The topological polar surface area (TPSA) is 326 Å². The summed E-state index contributed by atoms with van der Waals surface area (Å²) < 4.78 is 58.7. The number of anilines is 1. The molecule has 0 aromatic carbocycles. The van der Waals surface area contributed by atoms with Crippen LogP contribution >= 0.6 is 15.6 Å². The van der Waals surface area contributed by atoms with Crippen LogP contribution in [0.15, 0.2) is 53.5 Å². The minimum absolute atomic E-state index is 0.0192. The van der Waals surface area contributed by atoms with Gasteiger partial charge in [0.1, 0.15) is 30.9 Å². The van der Waals surface area contributed by atoms with E-state index in [1.165, 1.54) is 56.1 Å². The maximum Gasteiger partial charge on any atom is 0.481 e. The van der Waals surface area contributed by atoms with E-state index < -0.39 is 120 Å². The molecule has 12 atom stereocenters. The summed E-state index contributed by atoms with van der Waals surface area (Å²) in [6.07, 6.45) is 12.9. The van der Waals surface area contributed by atoms with Crippen LogP contribution in [0.2, 0.25) is 0 Å². The maximum absolute atomic E-state index is 13.3. The molecule has 0 spiro atoms. The van der Waals surface area contributed by atoms with E-state index in [2.05, 4.69) is 28.4 Å². The number of allylic oxidation sites excluding steroid dienone is 3. The van der Waals surface area contributed by atoms with Crippen molar-refractivity contribution in [1.29, 1.82) is 0 Å². The predicted molar refractivity (Wildman–Crippen MR) is 263 cm³/mol. The molecule has 0 saturated carbocycles. The van der Waals surface area contributed by atoms with E-state index in [9.17, 15) is 58.8 Å². The monoisotopic (exact) mass is 1050 g/mol. The highest BCUT2D eigenvalue weighted by Crippen LogP contribution is 2.60. The maximum atomic E-state index is 13.3. The average Bonchev–Trinajstić information content (AvgIpc) is 3.30. The zero-order chi connectivity index (χ0) is 52.2. The van der Waals surface area contributed by atoms with Gasteiger partial charge in [0, 0.05) is 30.9 Å². The number of nitrogens with zero attached hydrogens (tertiary/aromatic N) is 2. The molecule has 21 nitrogen and oxygen atoms in total. The highest BCUT2D eigenvalue weighted by Gasteiger charge is 2.45. The second kappa shape index (κ2) is 33.6. The molecule has 3 rings (SSSR count). The van der Waals surface area contributed by atoms with Crippen LogP contribution in [0.1, 0.15) is 155 Å². The van der Waals surface area contributed by atoms with Crippen LogP contribution in [0.5, 0.6) is 0 Å². The van der Waals surface area contributed by atoms with Gasteiger partial charge in [-0.05, 0) is 51.0 Å². The lowest BCUT2D eigenvalue weighted by atomic mass is 9.82.